The van der Waals surface area contributed by atoms with E-state index in [2.05, 4.69) is 33.1 Å². The molecule has 2 aromatic rings. The first-order valence-electron chi connectivity index (χ1n) is 6.32. The van der Waals surface area contributed by atoms with Crippen LogP contribution in [0.1, 0.15) is 16.6 Å². The highest BCUT2D eigenvalue weighted by atomic mass is 79.9. The Bertz CT molecular complexity index is 639. The van der Waals surface area contributed by atoms with Crippen LogP contribution in [-0.2, 0) is 0 Å². The Kier molecular flexibility index (Phi) is 4.67. The number of thiophene rings is 1. The topological polar surface area (TPSA) is 58.4 Å². The number of nitrogens with one attached hydrogen (secondary N) is 1. The summed E-state index contributed by atoms with van der Waals surface area (Å²) in [4.78, 5) is 14.9. The van der Waals surface area contributed by atoms with E-state index in [9.17, 15) is 4.79 Å². The third-order valence-corrected chi connectivity index (χ3v) is 5.01. The van der Waals surface area contributed by atoms with Gasteiger partial charge in [0, 0.05) is 27.1 Å². The standard InChI is InChI=1S/C14H18BrN3OS/c1-8(18(2)3)7-17-14(19)13-12(16)10-6-9(15)4-5-11(10)20-13/h4-6,8H,7,16H2,1-3H3,(H,17,19). The third-order valence-electron chi connectivity index (χ3n) is 3.33. The molecule has 4 nitrogen and oxygen atoms in total. The van der Waals surface area contributed by atoms with Crippen molar-refractivity contribution in [3.63, 3.8) is 0 Å². The fraction of sp³-hybridized carbons (Fsp3) is 0.357. The molecule has 1 amide bonds. The minimum absolute atomic E-state index is 0.103. The van der Waals surface area contributed by atoms with E-state index < -0.39 is 0 Å². The molecule has 6 heteroatoms. The number of halogens is 1. The number of nitrogen functional groups attached to an aromatic ring is 1. The Hall–Kier alpha value is -1.11. The SMILES string of the molecule is CC(CNC(=O)c1sc2ccc(Br)cc2c1N)N(C)C. The Labute approximate surface area is 131 Å². The molecular formula is C14H18BrN3OS. The lowest BCUT2D eigenvalue weighted by atomic mass is 10.2. The van der Waals surface area contributed by atoms with Crippen molar-refractivity contribution in [1.29, 1.82) is 0 Å². The predicted octanol–water partition coefficient (Wildman–Crippen LogP) is 2.93. The minimum atomic E-state index is -0.103. The highest BCUT2D eigenvalue weighted by Gasteiger charge is 2.17. The molecule has 1 unspecified atom stereocenters. The summed E-state index contributed by atoms with van der Waals surface area (Å²) in [5, 5.41) is 3.86. The van der Waals surface area contributed by atoms with Gasteiger partial charge in [0.1, 0.15) is 4.88 Å². The Morgan fingerprint density at radius 2 is 2.20 bits per heavy atom. The van der Waals surface area contributed by atoms with Crippen molar-refractivity contribution in [2.75, 3.05) is 26.4 Å². The maximum absolute atomic E-state index is 12.2. The van der Waals surface area contributed by atoms with E-state index in [4.69, 9.17) is 5.73 Å². The summed E-state index contributed by atoms with van der Waals surface area (Å²) >= 11 is 4.85. The van der Waals surface area contributed by atoms with Gasteiger partial charge in [-0.3, -0.25) is 4.79 Å². The number of likely N-dealkylation sites (N-methyl/N-ethyl adjacent to an activating group) is 1. The van der Waals surface area contributed by atoms with E-state index in [0.29, 0.717) is 17.1 Å². The van der Waals surface area contributed by atoms with Crippen molar-refractivity contribution < 1.29 is 4.79 Å². The van der Waals surface area contributed by atoms with Crippen LogP contribution in [0.4, 0.5) is 5.69 Å². The Balaban J connectivity index is 2.20. The number of benzene rings is 1. The summed E-state index contributed by atoms with van der Waals surface area (Å²) < 4.78 is 1.99. The van der Waals surface area contributed by atoms with Crippen LogP contribution in [0.25, 0.3) is 10.1 Å². The van der Waals surface area contributed by atoms with E-state index in [1.54, 1.807) is 0 Å². The molecule has 108 valence electrons. The second-order valence-electron chi connectivity index (χ2n) is 5.01. The molecule has 2 rings (SSSR count). The fourth-order valence-electron chi connectivity index (χ4n) is 1.76. The Morgan fingerprint density at radius 3 is 2.85 bits per heavy atom. The second-order valence-corrected chi connectivity index (χ2v) is 6.98. The summed E-state index contributed by atoms with van der Waals surface area (Å²) in [6.45, 7) is 2.66. The van der Waals surface area contributed by atoms with Crippen LogP contribution in [0.15, 0.2) is 22.7 Å². The maximum atomic E-state index is 12.2. The molecule has 0 aliphatic heterocycles. The van der Waals surface area contributed by atoms with Crippen LogP contribution in [-0.4, -0.2) is 37.5 Å². The van der Waals surface area contributed by atoms with Crippen LogP contribution < -0.4 is 11.1 Å². The molecule has 0 spiro atoms. The van der Waals surface area contributed by atoms with E-state index in [1.807, 2.05) is 32.3 Å². The quantitative estimate of drug-likeness (QED) is 0.886. The number of amides is 1. The lowest BCUT2D eigenvalue weighted by molar-refractivity contribution is 0.0948. The summed E-state index contributed by atoms with van der Waals surface area (Å²) in [6.07, 6.45) is 0. The molecule has 0 saturated heterocycles. The van der Waals surface area contributed by atoms with Crippen LogP contribution in [0, 0.1) is 0 Å². The van der Waals surface area contributed by atoms with Crippen molar-refractivity contribution in [3.8, 4) is 0 Å². The van der Waals surface area contributed by atoms with Crippen molar-refractivity contribution >= 4 is 48.9 Å². The summed E-state index contributed by atoms with van der Waals surface area (Å²) in [5.41, 5.74) is 6.65. The molecule has 1 atom stereocenters. The molecule has 1 aromatic heterocycles. The first-order valence-corrected chi connectivity index (χ1v) is 7.93. The number of carbonyl (C=O) groups is 1. The first kappa shape index (κ1) is 15.3. The normalized spacial score (nSPS) is 12.8. The number of rotatable bonds is 4. The summed E-state index contributed by atoms with van der Waals surface area (Å²) in [7, 11) is 3.98. The van der Waals surface area contributed by atoms with Crippen LogP contribution in [0.2, 0.25) is 0 Å². The molecule has 0 saturated carbocycles. The molecule has 0 bridgehead atoms. The van der Waals surface area contributed by atoms with Crippen LogP contribution in [0.3, 0.4) is 0 Å². The lowest BCUT2D eigenvalue weighted by Crippen LogP contribution is -2.38. The number of nitrogens with two attached hydrogens (primary N) is 1. The first-order chi connectivity index (χ1) is 9.40. The van der Waals surface area contributed by atoms with Gasteiger partial charge in [-0.15, -0.1) is 11.3 Å². The predicted molar refractivity (Wildman–Crippen MR) is 89.4 cm³/mol. The molecule has 0 aliphatic rings. The highest BCUT2D eigenvalue weighted by Crippen LogP contribution is 2.35. The number of carbonyl (C=O) groups excluding carboxylic acids is 1. The van der Waals surface area contributed by atoms with E-state index in [1.165, 1.54) is 11.3 Å². The average Bonchev–Trinajstić information content (AvgIpc) is 2.73. The van der Waals surface area contributed by atoms with Crippen LogP contribution >= 0.6 is 27.3 Å². The second kappa shape index (κ2) is 6.11. The van der Waals surface area contributed by atoms with E-state index in [0.717, 1.165) is 14.6 Å². The molecule has 1 aromatic carbocycles. The molecular weight excluding hydrogens is 338 g/mol. The zero-order valence-corrected chi connectivity index (χ0v) is 14.1. The summed E-state index contributed by atoms with van der Waals surface area (Å²) in [5.74, 6) is -0.103. The van der Waals surface area contributed by atoms with Gasteiger partial charge >= 0.3 is 0 Å². The van der Waals surface area contributed by atoms with Crippen molar-refractivity contribution in [1.82, 2.24) is 10.2 Å². The van der Waals surface area contributed by atoms with Crippen molar-refractivity contribution in [2.24, 2.45) is 0 Å². The molecule has 0 aliphatic carbocycles. The number of anilines is 1. The smallest absolute Gasteiger partial charge is 0.263 e. The van der Waals surface area contributed by atoms with Gasteiger partial charge in [-0.05, 0) is 39.2 Å². The van der Waals surface area contributed by atoms with Gasteiger partial charge in [0.15, 0.2) is 0 Å². The monoisotopic (exact) mass is 355 g/mol. The molecule has 1 heterocycles. The van der Waals surface area contributed by atoms with Crippen LogP contribution in [0.5, 0.6) is 0 Å². The fourth-order valence-corrected chi connectivity index (χ4v) is 3.14. The minimum Gasteiger partial charge on any atom is -0.397 e. The van der Waals surface area contributed by atoms with Crippen molar-refractivity contribution in [2.45, 2.75) is 13.0 Å². The Morgan fingerprint density at radius 1 is 1.50 bits per heavy atom. The third kappa shape index (κ3) is 3.13. The maximum Gasteiger partial charge on any atom is 0.263 e. The molecule has 0 radical (unpaired) electrons. The van der Waals surface area contributed by atoms with E-state index in [-0.39, 0.29) is 11.9 Å². The number of nitrogens with zero attached hydrogens (tertiary/aromatic N) is 1. The number of hydrogen-bond acceptors (Lipinski definition) is 4. The largest absolute Gasteiger partial charge is 0.397 e. The summed E-state index contributed by atoms with van der Waals surface area (Å²) in [6, 6.07) is 6.15. The van der Waals surface area contributed by atoms with Gasteiger partial charge in [-0.2, -0.15) is 0 Å². The average molecular weight is 356 g/mol. The van der Waals surface area contributed by atoms with Gasteiger partial charge in [-0.1, -0.05) is 15.9 Å². The lowest BCUT2D eigenvalue weighted by Gasteiger charge is -2.19. The van der Waals surface area contributed by atoms with Gasteiger partial charge < -0.3 is 16.0 Å². The zero-order valence-electron chi connectivity index (χ0n) is 11.7. The molecule has 3 N–H and O–H groups in total. The van der Waals surface area contributed by atoms with Gasteiger partial charge in [-0.25, -0.2) is 0 Å². The van der Waals surface area contributed by atoms with Gasteiger partial charge in [0.25, 0.3) is 5.91 Å². The zero-order chi connectivity index (χ0) is 14.9. The van der Waals surface area contributed by atoms with E-state index >= 15 is 0 Å². The number of fused-ring (bicyclic) bond motifs is 1. The molecule has 0 fully saturated rings. The van der Waals surface area contributed by atoms with Gasteiger partial charge in [0.2, 0.25) is 0 Å². The number of hydrogen-bond donors (Lipinski definition) is 2. The van der Waals surface area contributed by atoms with Gasteiger partial charge in [0.05, 0.1) is 5.69 Å². The van der Waals surface area contributed by atoms with Crippen molar-refractivity contribution in [3.05, 3.63) is 27.5 Å². The highest BCUT2D eigenvalue weighted by molar-refractivity contribution is 9.10. The molecule has 20 heavy (non-hydrogen) atoms.